The first kappa shape index (κ1) is 27.5. The minimum Gasteiger partial charge on any atom is -0.466 e. The molecule has 2 aromatic heterocycles. The van der Waals surface area contributed by atoms with Crippen LogP contribution in [0.25, 0.3) is 11.2 Å². The molecule has 0 saturated carbocycles. The quantitative estimate of drug-likeness (QED) is 0.239. The Kier molecular flexibility index (Phi) is 9.50. The smallest absolute Gasteiger partial charge is 0.313 e. The van der Waals surface area contributed by atoms with Crippen LogP contribution in [0.5, 0.6) is 0 Å². The van der Waals surface area contributed by atoms with Gasteiger partial charge in [0.05, 0.1) is 12.9 Å². The zero-order chi connectivity index (χ0) is 26.3. The highest BCUT2D eigenvalue weighted by Crippen LogP contribution is 2.36. The van der Waals surface area contributed by atoms with Gasteiger partial charge in [0.25, 0.3) is 0 Å². The topological polar surface area (TPSA) is 158 Å². The number of hydrogen-bond acceptors (Lipinski definition) is 12. The zero-order valence-corrected chi connectivity index (χ0v) is 19.5. The van der Waals surface area contributed by atoms with Crippen LogP contribution in [-0.4, -0.2) is 74.9 Å². The fraction of sp³-hybridized carbons (Fsp3) is 0.550. The van der Waals surface area contributed by atoms with E-state index >= 15 is 0 Å². The lowest BCUT2D eigenvalue weighted by Gasteiger charge is -2.23. The maximum Gasteiger partial charge on any atom is 0.313 e. The maximum atomic E-state index is 13.9. The van der Waals surface area contributed by atoms with E-state index in [1.165, 1.54) is 13.8 Å². The Morgan fingerprint density at radius 1 is 0.943 bits per heavy atom. The Labute approximate surface area is 197 Å². The van der Waals surface area contributed by atoms with Crippen molar-refractivity contribution in [1.29, 1.82) is 0 Å². The molecule has 0 N–H and O–H groups in total. The van der Waals surface area contributed by atoms with Crippen LogP contribution in [0.1, 0.15) is 40.8 Å². The van der Waals surface area contributed by atoms with E-state index in [2.05, 4.69) is 19.7 Å². The van der Waals surface area contributed by atoms with Crippen LogP contribution in [0, 0.1) is 12.0 Å². The summed E-state index contributed by atoms with van der Waals surface area (Å²) in [6.07, 6.45) is -4.94. The number of carbonyl (C=O) groups is 4. The van der Waals surface area contributed by atoms with Crippen molar-refractivity contribution < 1.29 is 51.6 Å². The monoisotopic (exact) mass is 502 g/mol. The first-order chi connectivity index (χ1) is 16.4. The van der Waals surface area contributed by atoms with Gasteiger partial charge in [-0.3, -0.25) is 23.7 Å². The van der Waals surface area contributed by atoms with Crippen LogP contribution < -0.4 is 0 Å². The summed E-state index contributed by atoms with van der Waals surface area (Å²) in [5, 5.41) is 0. The van der Waals surface area contributed by atoms with Crippen LogP contribution in [0.2, 0.25) is 0 Å². The lowest BCUT2D eigenvalue weighted by molar-refractivity contribution is -0.166. The van der Waals surface area contributed by atoms with Gasteiger partial charge in [0.15, 0.2) is 29.6 Å². The molecule has 0 amide bonds. The third-order valence-electron chi connectivity index (χ3n) is 4.31. The number of fused-ring (bicyclic) bond motifs is 1. The molecule has 1 aliphatic rings. The van der Waals surface area contributed by atoms with Gasteiger partial charge in [-0.15, -0.1) is 0 Å². The van der Waals surface area contributed by atoms with Crippen LogP contribution in [0.4, 0.5) is 8.78 Å². The van der Waals surface area contributed by atoms with Gasteiger partial charge in [-0.05, 0) is 6.92 Å². The molecule has 4 atom stereocenters. The number of rotatable bonds is 6. The van der Waals surface area contributed by atoms with E-state index in [4.69, 9.17) is 18.9 Å². The van der Waals surface area contributed by atoms with E-state index in [-0.39, 0.29) is 23.7 Å². The highest BCUT2D eigenvalue weighted by molar-refractivity contribution is 5.70. The van der Waals surface area contributed by atoms with Gasteiger partial charge in [-0.25, -0.2) is 4.98 Å². The molecule has 0 aliphatic carbocycles. The molecule has 15 heteroatoms. The molecule has 1 aliphatic heterocycles. The summed E-state index contributed by atoms with van der Waals surface area (Å²) >= 11 is 0. The number of carbonyl (C=O) groups excluding carboxylic acids is 4. The third kappa shape index (κ3) is 7.37. The molecule has 2 aromatic rings. The van der Waals surface area contributed by atoms with Crippen molar-refractivity contribution in [1.82, 2.24) is 19.5 Å². The van der Waals surface area contributed by atoms with E-state index in [0.717, 1.165) is 24.7 Å². The van der Waals surface area contributed by atoms with E-state index in [0.29, 0.717) is 6.61 Å². The number of esters is 4. The molecule has 13 nitrogen and oxygen atoms in total. The van der Waals surface area contributed by atoms with E-state index in [1.54, 1.807) is 6.92 Å². The van der Waals surface area contributed by atoms with Gasteiger partial charge in [-0.1, -0.05) is 0 Å². The molecule has 3 heterocycles. The van der Waals surface area contributed by atoms with Crippen LogP contribution in [0.15, 0.2) is 6.33 Å². The Morgan fingerprint density at radius 2 is 1.54 bits per heavy atom. The Bertz CT molecular complexity index is 1090. The van der Waals surface area contributed by atoms with Gasteiger partial charge >= 0.3 is 30.0 Å². The lowest BCUT2D eigenvalue weighted by Crippen LogP contribution is -2.40. The van der Waals surface area contributed by atoms with Crippen molar-refractivity contribution in [3.63, 3.8) is 0 Å². The summed E-state index contributed by atoms with van der Waals surface area (Å²) in [4.78, 5) is 54.4. The van der Waals surface area contributed by atoms with E-state index in [1.807, 2.05) is 0 Å². The van der Waals surface area contributed by atoms with Crippen molar-refractivity contribution >= 4 is 35.0 Å². The number of ether oxygens (including phenoxy) is 5. The van der Waals surface area contributed by atoms with Crippen molar-refractivity contribution in [2.45, 2.75) is 59.2 Å². The fourth-order valence-corrected chi connectivity index (χ4v) is 3.16. The summed E-state index contributed by atoms with van der Waals surface area (Å²) in [5.41, 5.74) is -0.615. The lowest BCUT2D eigenvalue weighted by atomic mass is 10.1. The van der Waals surface area contributed by atoms with Gasteiger partial charge < -0.3 is 23.7 Å². The largest absolute Gasteiger partial charge is 0.466 e. The minimum atomic E-state index is -1.34. The van der Waals surface area contributed by atoms with Gasteiger partial charge in [0.2, 0.25) is 5.95 Å². The van der Waals surface area contributed by atoms with Crippen LogP contribution >= 0.6 is 0 Å². The van der Waals surface area contributed by atoms with Gasteiger partial charge in [-0.2, -0.15) is 18.7 Å². The average molecular weight is 502 g/mol. The Morgan fingerprint density at radius 3 is 2.06 bits per heavy atom. The Balaban J connectivity index is 0.000000641. The normalized spacial score (nSPS) is 21.0. The summed E-state index contributed by atoms with van der Waals surface area (Å²) in [5.74, 6) is -3.46. The molecular formula is C20H24F2N4O9. The average Bonchev–Trinajstić information content (AvgIpc) is 3.28. The SMILES string of the molecule is CC(=O)OCC1OC(n2cnc3c(F)nc(F)nc32)C(OC(C)=O)C1OC(C)=O.CCOC(C)=O. The number of imidazole rings is 1. The van der Waals surface area contributed by atoms with Gasteiger partial charge in [0, 0.05) is 27.7 Å². The highest BCUT2D eigenvalue weighted by atomic mass is 19.1. The summed E-state index contributed by atoms with van der Waals surface area (Å²) in [6.45, 7) is 6.75. The molecule has 4 unspecified atom stereocenters. The van der Waals surface area contributed by atoms with E-state index in [9.17, 15) is 28.0 Å². The fourth-order valence-electron chi connectivity index (χ4n) is 3.16. The molecule has 3 rings (SSSR count). The predicted octanol–water partition coefficient (Wildman–Crippen LogP) is 0.998. The van der Waals surface area contributed by atoms with Crippen molar-refractivity contribution in [3.05, 3.63) is 18.4 Å². The van der Waals surface area contributed by atoms with Crippen molar-refractivity contribution in [2.75, 3.05) is 13.2 Å². The Hall–Kier alpha value is -3.75. The highest BCUT2D eigenvalue weighted by Gasteiger charge is 2.51. The second kappa shape index (κ2) is 12.1. The minimum absolute atomic E-state index is 0.211. The number of halogens is 2. The third-order valence-corrected chi connectivity index (χ3v) is 4.31. The molecule has 0 spiro atoms. The summed E-state index contributed by atoms with van der Waals surface area (Å²) < 4.78 is 54.0. The van der Waals surface area contributed by atoms with Crippen LogP contribution in [0.3, 0.4) is 0 Å². The second-order valence-electron chi connectivity index (χ2n) is 7.05. The first-order valence-electron chi connectivity index (χ1n) is 10.3. The zero-order valence-electron chi connectivity index (χ0n) is 19.5. The first-order valence-corrected chi connectivity index (χ1v) is 10.3. The summed E-state index contributed by atoms with van der Waals surface area (Å²) in [7, 11) is 0. The molecule has 0 bridgehead atoms. The molecule has 35 heavy (non-hydrogen) atoms. The number of hydrogen-bond donors (Lipinski definition) is 0. The molecular weight excluding hydrogens is 478 g/mol. The van der Waals surface area contributed by atoms with E-state index < -0.39 is 54.5 Å². The second-order valence-corrected chi connectivity index (χ2v) is 7.05. The number of aromatic nitrogens is 4. The standard InChI is InChI=1S/C16H16F2N4O7.C4H8O2/c1-6(23)26-4-9-11(27-7(2)24)12(28-8(3)25)15(29-9)22-5-19-10-13(17)20-16(18)21-14(10)22;1-3-6-4(2)5/h5,9,11-12,15H,4H2,1-3H3;3H2,1-2H3. The molecule has 1 fully saturated rings. The van der Waals surface area contributed by atoms with Crippen molar-refractivity contribution in [2.24, 2.45) is 0 Å². The molecule has 192 valence electrons. The molecule has 0 aromatic carbocycles. The molecule has 0 radical (unpaired) electrons. The predicted molar refractivity (Wildman–Crippen MR) is 109 cm³/mol. The maximum absolute atomic E-state index is 13.9. The molecule has 1 saturated heterocycles. The summed E-state index contributed by atoms with van der Waals surface area (Å²) in [6, 6.07) is 0. The van der Waals surface area contributed by atoms with Crippen molar-refractivity contribution in [3.8, 4) is 0 Å². The number of nitrogens with zero attached hydrogens (tertiary/aromatic N) is 4. The van der Waals surface area contributed by atoms with Crippen LogP contribution in [-0.2, 0) is 42.9 Å². The van der Waals surface area contributed by atoms with Gasteiger partial charge in [0.1, 0.15) is 12.7 Å².